The van der Waals surface area contributed by atoms with E-state index in [2.05, 4.69) is 26.0 Å². The fourth-order valence-electron chi connectivity index (χ4n) is 1.77. The first-order chi connectivity index (χ1) is 8.50. The van der Waals surface area contributed by atoms with E-state index in [-0.39, 0.29) is 0 Å². The van der Waals surface area contributed by atoms with Crippen LogP contribution >= 0.6 is 0 Å². The van der Waals surface area contributed by atoms with E-state index in [4.69, 9.17) is 5.11 Å². The van der Waals surface area contributed by atoms with Gasteiger partial charge in [-0.25, -0.2) is 0 Å². The highest BCUT2D eigenvalue weighted by molar-refractivity contribution is 5.74. The van der Waals surface area contributed by atoms with Gasteiger partial charge in [0.25, 0.3) is 0 Å². The summed E-state index contributed by atoms with van der Waals surface area (Å²) < 4.78 is 0. The van der Waals surface area contributed by atoms with Crippen molar-refractivity contribution in [3.8, 4) is 0 Å². The smallest absolute Gasteiger partial charge is 0.310 e. The van der Waals surface area contributed by atoms with E-state index in [0.29, 0.717) is 5.92 Å². The van der Waals surface area contributed by atoms with Crippen molar-refractivity contribution in [2.24, 2.45) is 11.8 Å². The van der Waals surface area contributed by atoms with E-state index >= 15 is 0 Å². The largest absolute Gasteiger partial charge is 0.481 e. The van der Waals surface area contributed by atoms with Crippen LogP contribution in [0.3, 0.4) is 0 Å². The van der Waals surface area contributed by atoms with Crippen LogP contribution in [0.2, 0.25) is 0 Å². The number of hydrogen-bond acceptors (Lipinski definition) is 1. The van der Waals surface area contributed by atoms with E-state index < -0.39 is 11.9 Å². The molecule has 0 aromatic heterocycles. The molecule has 0 aromatic rings. The summed E-state index contributed by atoms with van der Waals surface area (Å²) in [5.41, 5.74) is 2.21. The molecule has 1 aliphatic rings. The molecule has 1 N–H and O–H groups in total. The number of rotatable bonds is 4. The maximum absolute atomic E-state index is 10.9. The van der Waals surface area contributed by atoms with Crippen LogP contribution in [0, 0.1) is 11.8 Å². The molecule has 0 bridgehead atoms. The molecule has 0 radical (unpaired) electrons. The van der Waals surface area contributed by atoms with Gasteiger partial charge < -0.3 is 5.11 Å². The zero-order chi connectivity index (χ0) is 14.1. The maximum atomic E-state index is 10.9. The van der Waals surface area contributed by atoms with Gasteiger partial charge in [0.15, 0.2) is 0 Å². The minimum Gasteiger partial charge on any atom is -0.481 e. The molecule has 0 saturated heterocycles. The van der Waals surface area contributed by atoms with Crippen LogP contribution < -0.4 is 0 Å². The molecule has 1 rings (SSSR count). The molecular weight excluding hydrogens is 224 g/mol. The van der Waals surface area contributed by atoms with Crippen molar-refractivity contribution in [1.82, 2.24) is 0 Å². The Morgan fingerprint density at radius 3 is 2.33 bits per heavy atom. The van der Waals surface area contributed by atoms with Gasteiger partial charge in [0, 0.05) is 0 Å². The number of aliphatic carboxylic acids is 1. The Bertz CT molecular complexity index is 346. The molecule has 0 aliphatic heterocycles. The van der Waals surface area contributed by atoms with Crippen molar-refractivity contribution < 1.29 is 9.90 Å². The minimum absolute atomic E-state index is 0.414. The summed E-state index contributed by atoms with van der Waals surface area (Å²) >= 11 is 0. The molecule has 1 aliphatic carbocycles. The van der Waals surface area contributed by atoms with E-state index in [1.54, 1.807) is 6.92 Å². The number of allylic oxidation sites excluding steroid dienone is 5. The number of hydrogen-bond donors (Lipinski definition) is 1. The van der Waals surface area contributed by atoms with Crippen LogP contribution in [0.1, 0.15) is 47.5 Å². The van der Waals surface area contributed by atoms with Gasteiger partial charge in [0.2, 0.25) is 0 Å². The van der Waals surface area contributed by atoms with Gasteiger partial charge in [-0.1, -0.05) is 57.6 Å². The van der Waals surface area contributed by atoms with E-state index in [9.17, 15) is 4.79 Å². The topological polar surface area (TPSA) is 37.3 Å². The third kappa shape index (κ3) is 5.85. The van der Waals surface area contributed by atoms with Crippen molar-refractivity contribution in [1.29, 1.82) is 0 Å². The van der Waals surface area contributed by atoms with E-state index in [0.717, 1.165) is 18.4 Å². The molecule has 0 heterocycles. The monoisotopic (exact) mass is 250 g/mol. The summed E-state index contributed by atoms with van der Waals surface area (Å²) in [4.78, 5) is 10.9. The molecular formula is C16H26O2. The van der Waals surface area contributed by atoms with Crippen LogP contribution in [0.4, 0.5) is 0 Å². The molecule has 0 saturated carbocycles. The van der Waals surface area contributed by atoms with Crippen molar-refractivity contribution >= 4 is 5.97 Å². The second kappa shape index (κ2) is 8.73. The van der Waals surface area contributed by atoms with Crippen molar-refractivity contribution in [2.45, 2.75) is 47.5 Å². The number of carbonyl (C=O) groups is 1. The van der Waals surface area contributed by atoms with Crippen molar-refractivity contribution in [3.05, 3.63) is 35.5 Å². The van der Waals surface area contributed by atoms with Crippen LogP contribution in [0.15, 0.2) is 35.5 Å². The van der Waals surface area contributed by atoms with Crippen molar-refractivity contribution in [3.63, 3.8) is 0 Å². The van der Waals surface area contributed by atoms with Crippen LogP contribution in [-0.2, 0) is 4.79 Å². The van der Waals surface area contributed by atoms with Gasteiger partial charge in [-0.15, -0.1) is 0 Å². The average Bonchev–Trinajstić information content (AvgIpc) is 2.55. The zero-order valence-electron chi connectivity index (χ0n) is 12.2. The fourth-order valence-corrected chi connectivity index (χ4v) is 1.77. The van der Waals surface area contributed by atoms with Gasteiger partial charge in [0.1, 0.15) is 0 Å². The summed E-state index contributed by atoms with van der Waals surface area (Å²) in [6.07, 6.45) is 10.1. The highest BCUT2D eigenvalue weighted by Crippen LogP contribution is 2.21. The van der Waals surface area contributed by atoms with E-state index in [1.807, 2.05) is 26.0 Å². The normalized spacial score (nSPS) is 16.1. The molecule has 2 heteroatoms. The molecule has 1 unspecified atom stereocenters. The van der Waals surface area contributed by atoms with Crippen LogP contribution in [-0.4, -0.2) is 11.1 Å². The molecule has 102 valence electrons. The minimum atomic E-state index is -0.761. The van der Waals surface area contributed by atoms with Gasteiger partial charge in [-0.3, -0.25) is 4.79 Å². The molecule has 1 atom stereocenters. The SMILES string of the molecule is CC.CC(C)CC1=CCC=C(C(C)C(=O)O)C=C1. The first-order valence-corrected chi connectivity index (χ1v) is 6.80. The van der Waals surface area contributed by atoms with Gasteiger partial charge >= 0.3 is 5.97 Å². The Morgan fingerprint density at radius 1 is 1.22 bits per heavy atom. The highest BCUT2D eigenvalue weighted by atomic mass is 16.4. The quantitative estimate of drug-likeness (QED) is 0.792. The molecule has 0 amide bonds. The van der Waals surface area contributed by atoms with E-state index in [1.165, 1.54) is 5.57 Å². The molecule has 2 nitrogen and oxygen atoms in total. The lowest BCUT2D eigenvalue weighted by Crippen LogP contribution is -2.10. The molecule has 18 heavy (non-hydrogen) atoms. The molecule has 0 fully saturated rings. The average molecular weight is 250 g/mol. The summed E-state index contributed by atoms with van der Waals surface area (Å²) in [6.45, 7) is 10.1. The van der Waals surface area contributed by atoms with Gasteiger partial charge in [-0.2, -0.15) is 0 Å². The van der Waals surface area contributed by atoms with Gasteiger partial charge in [0.05, 0.1) is 5.92 Å². The lowest BCUT2D eigenvalue weighted by atomic mass is 9.99. The molecule has 0 aromatic carbocycles. The Kier molecular flexibility index (Phi) is 8.10. The summed E-state index contributed by atoms with van der Waals surface area (Å²) in [7, 11) is 0. The third-order valence-corrected chi connectivity index (χ3v) is 2.74. The summed E-state index contributed by atoms with van der Waals surface area (Å²) in [5.74, 6) is -0.541. The standard InChI is InChI=1S/C14H20O2.C2H6/c1-10(2)9-12-5-4-6-13(8-7-12)11(3)14(15)16;1-2/h5-8,10-11H,4,9H2,1-3H3,(H,15,16);1-2H3. The maximum Gasteiger partial charge on any atom is 0.310 e. The Balaban J connectivity index is 0.00000137. The number of carboxylic acid groups (broad SMARTS) is 1. The second-order valence-electron chi connectivity index (χ2n) is 4.71. The Hall–Kier alpha value is -1.31. The first kappa shape index (κ1) is 16.7. The first-order valence-electron chi connectivity index (χ1n) is 6.80. The number of carboxylic acids is 1. The molecule has 0 spiro atoms. The predicted molar refractivity (Wildman–Crippen MR) is 77.5 cm³/mol. The predicted octanol–water partition coefficient (Wildman–Crippen LogP) is 4.59. The van der Waals surface area contributed by atoms with Crippen LogP contribution in [0.5, 0.6) is 0 Å². The Labute approximate surface area is 111 Å². The lowest BCUT2D eigenvalue weighted by molar-refractivity contribution is -0.139. The zero-order valence-corrected chi connectivity index (χ0v) is 12.2. The third-order valence-electron chi connectivity index (χ3n) is 2.74. The summed E-state index contributed by atoms with van der Waals surface area (Å²) in [6, 6.07) is 0. The van der Waals surface area contributed by atoms with Gasteiger partial charge in [-0.05, 0) is 31.3 Å². The van der Waals surface area contributed by atoms with Crippen molar-refractivity contribution in [2.75, 3.05) is 0 Å². The van der Waals surface area contributed by atoms with Crippen LogP contribution in [0.25, 0.3) is 0 Å². The fraction of sp³-hybridized carbons (Fsp3) is 0.562. The second-order valence-corrected chi connectivity index (χ2v) is 4.71. The Morgan fingerprint density at radius 2 is 1.83 bits per heavy atom. The highest BCUT2D eigenvalue weighted by Gasteiger charge is 2.14. The summed E-state index contributed by atoms with van der Waals surface area (Å²) in [5, 5.41) is 8.95. The lowest BCUT2D eigenvalue weighted by Gasteiger charge is -2.06.